The molecule has 1 saturated heterocycles. The van der Waals surface area contributed by atoms with Crippen LogP contribution < -0.4 is 5.32 Å². The van der Waals surface area contributed by atoms with Gasteiger partial charge in [0, 0.05) is 6.54 Å². The van der Waals surface area contributed by atoms with Crippen LogP contribution >= 0.6 is 0 Å². The monoisotopic (exact) mass is 221 g/mol. The van der Waals surface area contributed by atoms with Gasteiger partial charge in [-0.15, -0.1) is 0 Å². The van der Waals surface area contributed by atoms with E-state index in [1.54, 1.807) is 0 Å². The first-order valence-electron chi connectivity index (χ1n) is 6.69. The molecule has 3 heteroatoms. The van der Waals surface area contributed by atoms with Gasteiger partial charge < -0.3 is 4.90 Å². The summed E-state index contributed by atoms with van der Waals surface area (Å²) in [7, 11) is 0. The summed E-state index contributed by atoms with van der Waals surface area (Å²) in [5.41, 5.74) is -0.250. The SMILES string of the molecule is CCCNC(C#N)(CN1CCCC1)C1CC1. The third kappa shape index (κ3) is 2.56. The molecule has 0 spiro atoms. The molecule has 1 aliphatic carbocycles. The Balaban J connectivity index is 1.97. The Labute approximate surface area is 98.8 Å². The van der Waals surface area contributed by atoms with Crippen LogP contribution in [0, 0.1) is 17.2 Å². The van der Waals surface area contributed by atoms with Crippen LogP contribution in [0.2, 0.25) is 0 Å². The molecule has 0 aromatic heterocycles. The van der Waals surface area contributed by atoms with Crippen LogP contribution in [0.1, 0.15) is 39.0 Å². The minimum atomic E-state index is -0.250. The fourth-order valence-electron chi connectivity index (χ4n) is 2.71. The van der Waals surface area contributed by atoms with E-state index in [9.17, 15) is 5.26 Å². The molecule has 0 radical (unpaired) electrons. The number of hydrogen-bond acceptors (Lipinski definition) is 3. The van der Waals surface area contributed by atoms with Crippen molar-refractivity contribution in [1.82, 2.24) is 10.2 Å². The van der Waals surface area contributed by atoms with E-state index in [0.717, 1.165) is 19.5 Å². The second kappa shape index (κ2) is 5.16. The summed E-state index contributed by atoms with van der Waals surface area (Å²) in [6, 6.07) is 2.59. The third-order valence-electron chi connectivity index (χ3n) is 3.84. The molecule has 16 heavy (non-hydrogen) atoms. The van der Waals surface area contributed by atoms with E-state index in [-0.39, 0.29) is 5.54 Å². The molecular formula is C13H23N3. The fraction of sp³-hybridized carbons (Fsp3) is 0.923. The van der Waals surface area contributed by atoms with Crippen molar-refractivity contribution in [3.8, 4) is 6.07 Å². The highest BCUT2D eigenvalue weighted by molar-refractivity contribution is 5.16. The average molecular weight is 221 g/mol. The summed E-state index contributed by atoms with van der Waals surface area (Å²) >= 11 is 0. The average Bonchev–Trinajstić information content (AvgIpc) is 3.05. The van der Waals surface area contributed by atoms with Crippen molar-refractivity contribution in [2.75, 3.05) is 26.2 Å². The van der Waals surface area contributed by atoms with Gasteiger partial charge in [0.2, 0.25) is 0 Å². The van der Waals surface area contributed by atoms with Crippen LogP contribution in [-0.2, 0) is 0 Å². The first-order valence-corrected chi connectivity index (χ1v) is 6.69. The van der Waals surface area contributed by atoms with Crippen molar-refractivity contribution >= 4 is 0 Å². The summed E-state index contributed by atoms with van der Waals surface area (Å²) in [4.78, 5) is 2.46. The maximum Gasteiger partial charge on any atom is 0.122 e. The number of rotatable bonds is 6. The van der Waals surface area contributed by atoms with Gasteiger partial charge in [-0.1, -0.05) is 6.92 Å². The van der Waals surface area contributed by atoms with E-state index < -0.39 is 0 Å². The van der Waals surface area contributed by atoms with Crippen molar-refractivity contribution < 1.29 is 0 Å². The predicted molar refractivity (Wildman–Crippen MR) is 65.0 cm³/mol. The normalized spacial score (nSPS) is 25.2. The largest absolute Gasteiger partial charge is 0.300 e. The highest BCUT2D eigenvalue weighted by Gasteiger charge is 2.46. The second-order valence-electron chi connectivity index (χ2n) is 5.27. The van der Waals surface area contributed by atoms with Crippen molar-refractivity contribution in [2.24, 2.45) is 5.92 Å². The Hall–Kier alpha value is -0.590. The number of nitrogens with one attached hydrogen (secondary N) is 1. The number of likely N-dealkylation sites (tertiary alicyclic amines) is 1. The van der Waals surface area contributed by atoms with Crippen molar-refractivity contribution in [1.29, 1.82) is 5.26 Å². The first-order chi connectivity index (χ1) is 7.80. The lowest BCUT2D eigenvalue weighted by Crippen LogP contribution is -2.54. The molecule has 0 aromatic carbocycles. The van der Waals surface area contributed by atoms with E-state index in [2.05, 4.69) is 23.2 Å². The molecule has 1 atom stereocenters. The predicted octanol–water partition coefficient (Wildman–Crippen LogP) is 1.75. The summed E-state index contributed by atoms with van der Waals surface area (Å²) in [5.74, 6) is 0.602. The molecule has 0 amide bonds. The topological polar surface area (TPSA) is 39.1 Å². The second-order valence-corrected chi connectivity index (χ2v) is 5.27. The smallest absolute Gasteiger partial charge is 0.122 e. The maximum absolute atomic E-state index is 9.53. The summed E-state index contributed by atoms with van der Waals surface area (Å²) in [6.45, 7) is 6.44. The zero-order chi connectivity index (χ0) is 11.4. The maximum atomic E-state index is 9.53. The third-order valence-corrected chi connectivity index (χ3v) is 3.84. The summed E-state index contributed by atoms with van der Waals surface area (Å²) in [5, 5.41) is 13.1. The Kier molecular flexibility index (Phi) is 3.83. The van der Waals surface area contributed by atoms with Gasteiger partial charge in [0.15, 0.2) is 0 Å². The van der Waals surface area contributed by atoms with Gasteiger partial charge in [-0.25, -0.2) is 0 Å². The van der Waals surface area contributed by atoms with Gasteiger partial charge in [0.25, 0.3) is 0 Å². The van der Waals surface area contributed by atoms with Crippen LogP contribution in [0.3, 0.4) is 0 Å². The Morgan fingerprint density at radius 2 is 2.06 bits per heavy atom. The molecule has 2 fully saturated rings. The molecule has 90 valence electrons. The van der Waals surface area contributed by atoms with Crippen LogP contribution in [-0.4, -0.2) is 36.6 Å². The van der Waals surface area contributed by atoms with Crippen LogP contribution in [0.5, 0.6) is 0 Å². The minimum absolute atomic E-state index is 0.250. The first kappa shape index (κ1) is 11.9. The minimum Gasteiger partial charge on any atom is -0.300 e. The Bertz CT molecular complexity index is 261. The van der Waals surface area contributed by atoms with Crippen molar-refractivity contribution in [3.05, 3.63) is 0 Å². The molecule has 2 rings (SSSR count). The molecule has 1 aliphatic heterocycles. The van der Waals surface area contributed by atoms with Gasteiger partial charge in [-0.2, -0.15) is 5.26 Å². The van der Waals surface area contributed by atoms with Crippen molar-refractivity contribution in [2.45, 2.75) is 44.6 Å². The molecule has 3 nitrogen and oxygen atoms in total. The lowest BCUT2D eigenvalue weighted by Gasteiger charge is -2.32. The number of nitrogens with zero attached hydrogens (tertiary/aromatic N) is 2. The van der Waals surface area contributed by atoms with Gasteiger partial charge in [-0.05, 0) is 57.7 Å². The van der Waals surface area contributed by atoms with E-state index >= 15 is 0 Å². The molecule has 0 bridgehead atoms. The van der Waals surface area contributed by atoms with Gasteiger partial charge in [0.05, 0.1) is 6.07 Å². The Morgan fingerprint density at radius 1 is 1.38 bits per heavy atom. The quantitative estimate of drug-likeness (QED) is 0.743. The molecule has 1 heterocycles. The highest BCUT2D eigenvalue weighted by Crippen LogP contribution is 2.40. The fourth-order valence-corrected chi connectivity index (χ4v) is 2.71. The lowest BCUT2D eigenvalue weighted by molar-refractivity contribution is 0.228. The molecular weight excluding hydrogens is 198 g/mol. The highest BCUT2D eigenvalue weighted by atomic mass is 15.2. The number of hydrogen-bond donors (Lipinski definition) is 1. The van der Waals surface area contributed by atoms with Crippen LogP contribution in [0.4, 0.5) is 0 Å². The van der Waals surface area contributed by atoms with Crippen LogP contribution in [0.25, 0.3) is 0 Å². The standard InChI is InChI=1S/C13H23N3/c1-2-7-15-13(10-14,12-5-6-12)11-16-8-3-4-9-16/h12,15H,2-9,11H2,1H3. The summed E-state index contributed by atoms with van der Waals surface area (Å²) < 4.78 is 0. The zero-order valence-electron chi connectivity index (χ0n) is 10.3. The van der Waals surface area contributed by atoms with E-state index in [1.807, 2.05) is 0 Å². The molecule has 1 unspecified atom stereocenters. The zero-order valence-corrected chi connectivity index (χ0v) is 10.3. The van der Waals surface area contributed by atoms with E-state index in [4.69, 9.17) is 0 Å². The molecule has 2 aliphatic rings. The van der Waals surface area contributed by atoms with Crippen molar-refractivity contribution in [3.63, 3.8) is 0 Å². The van der Waals surface area contributed by atoms with Gasteiger partial charge in [0.1, 0.15) is 5.54 Å². The van der Waals surface area contributed by atoms with E-state index in [0.29, 0.717) is 5.92 Å². The Morgan fingerprint density at radius 3 is 2.56 bits per heavy atom. The molecule has 0 aromatic rings. The molecule has 1 saturated carbocycles. The van der Waals surface area contributed by atoms with Gasteiger partial charge in [-0.3, -0.25) is 5.32 Å². The summed E-state index contributed by atoms with van der Waals surface area (Å²) in [6.07, 6.45) is 6.19. The van der Waals surface area contributed by atoms with E-state index in [1.165, 1.54) is 38.8 Å². The van der Waals surface area contributed by atoms with Crippen LogP contribution in [0.15, 0.2) is 0 Å². The number of nitriles is 1. The molecule has 1 N–H and O–H groups in total. The lowest BCUT2D eigenvalue weighted by atomic mass is 9.94. The van der Waals surface area contributed by atoms with Gasteiger partial charge >= 0.3 is 0 Å².